The maximum atomic E-state index is 12.4. The molecule has 0 saturated heterocycles. The molecule has 0 radical (unpaired) electrons. The van der Waals surface area contributed by atoms with Crippen LogP contribution in [0.2, 0.25) is 0 Å². The molecule has 0 unspecified atom stereocenters. The van der Waals surface area contributed by atoms with Crippen molar-refractivity contribution in [3.63, 3.8) is 0 Å². The van der Waals surface area contributed by atoms with E-state index in [2.05, 4.69) is 5.16 Å². The first-order chi connectivity index (χ1) is 12.6. The van der Waals surface area contributed by atoms with Crippen LogP contribution < -0.4 is 9.47 Å². The molecule has 1 aliphatic rings. The van der Waals surface area contributed by atoms with E-state index in [4.69, 9.17) is 14.3 Å². The van der Waals surface area contributed by atoms with Gasteiger partial charge in [0.2, 0.25) is 0 Å². The van der Waals surface area contributed by atoms with Crippen molar-refractivity contribution in [2.75, 3.05) is 20.4 Å². The van der Waals surface area contributed by atoms with Gasteiger partial charge in [-0.15, -0.1) is 11.8 Å². The van der Waals surface area contributed by atoms with Crippen LogP contribution >= 0.6 is 23.9 Å². The van der Waals surface area contributed by atoms with Gasteiger partial charge in [0.1, 0.15) is 10.6 Å². The zero-order valence-corrected chi connectivity index (χ0v) is 17.8. The molecule has 1 aromatic rings. The number of oxime groups is 1. The third-order valence-corrected chi connectivity index (χ3v) is 5.01. The molecule has 2 amide bonds. The normalized spacial score (nSPS) is 14.8. The SMILES string of the molecule is CS/C(C)=N\OC(=O)N(C)SN(C)C(=O)Oc1cccc2c1OC(C)(C)C2. The Balaban J connectivity index is 1.95. The molecule has 8 nitrogen and oxygen atoms in total. The highest BCUT2D eigenvalue weighted by Crippen LogP contribution is 2.42. The second-order valence-corrected chi connectivity index (χ2v) is 8.66. The van der Waals surface area contributed by atoms with Gasteiger partial charge in [0.15, 0.2) is 11.5 Å². The van der Waals surface area contributed by atoms with E-state index in [1.54, 1.807) is 13.0 Å². The van der Waals surface area contributed by atoms with Gasteiger partial charge in [0.25, 0.3) is 0 Å². The molecule has 0 bridgehead atoms. The smallest absolute Gasteiger partial charge is 0.447 e. The van der Waals surface area contributed by atoms with E-state index in [1.807, 2.05) is 32.2 Å². The molecule has 0 aliphatic carbocycles. The Hall–Kier alpha value is -2.07. The number of benzene rings is 1. The number of para-hydroxylation sites is 1. The first-order valence-electron chi connectivity index (χ1n) is 8.11. The van der Waals surface area contributed by atoms with Gasteiger partial charge >= 0.3 is 12.2 Å². The van der Waals surface area contributed by atoms with Gasteiger partial charge in [-0.05, 0) is 33.1 Å². The fourth-order valence-electron chi connectivity index (χ4n) is 2.27. The summed E-state index contributed by atoms with van der Waals surface area (Å²) in [6.07, 6.45) is 1.20. The fraction of sp³-hybridized carbons (Fsp3) is 0.471. The van der Waals surface area contributed by atoms with Crippen LogP contribution in [0.4, 0.5) is 9.59 Å². The Labute approximate surface area is 167 Å². The monoisotopic (exact) mass is 413 g/mol. The number of thioether (sulfide) groups is 1. The van der Waals surface area contributed by atoms with E-state index in [9.17, 15) is 9.59 Å². The Morgan fingerprint density at radius 2 is 1.89 bits per heavy atom. The molecule has 1 aliphatic heterocycles. The maximum Gasteiger partial charge on any atom is 0.447 e. The van der Waals surface area contributed by atoms with Gasteiger partial charge in [0.05, 0.1) is 12.1 Å². The number of hydrogen-bond acceptors (Lipinski definition) is 8. The number of carbonyl (C=O) groups is 2. The third-order valence-electron chi connectivity index (χ3n) is 3.56. The van der Waals surface area contributed by atoms with Gasteiger partial charge in [-0.25, -0.2) is 18.2 Å². The molecule has 2 rings (SSSR count). The quantitative estimate of drug-likeness (QED) is 0.241. The van der Waals surface area contributed by atoms with E-state index in [0.29, 0.717) is 16.5 Å². The van der Waals surface area contributed by atoms with Crippen molar-refractivity contribution in [2.45, 2.75) is 32.8 Å². The fourth-order valence-corrected chi connectivity index (χ4v) is 2.96. The summed E-state index contributed by atoms with van der Waals surface area (Å²) >= 11 is 2.19. The summed E-state index contributed by atoms with van der Waals surface area (Å²) in [7, 11) is 2.95. The molecule has 0 N–H and O–H groups in total. The summed E-state index contributed by atoms with van der Waals surface area (Å²) in [5.74, 6) is 0.921. The molecular formula is C17H23N3O5S2. The minimum atomic E-state index is -0.710. The lowest BCUT2D eigenvalue weighted by atomic mass is 10.0. The van der Waals surface area contributed by atoms with Crippen LogP contribution in [0.15, 0.2) is 23.4 Å². The van der Waals surface area contributed by atoms with Crippen LogP contribution in [-0.4, -0.2) is 51.8 Å². The summed E-state index contributed by atoms with van der Waals surface area (Å²) < 4.78 is 13.6. The minimum Gasteiger partial charge on any atom is -0.483 e. The number of fused-ring (bicyclic) bond motifs is 1. The Morgan fingerprint density at radius 3 is 2.56 bits per heavy atom. The molecule has 0 saturated carbocycles. The molecule has 27 heavy (non-hydrogen) atoms. The average Bonchev–Trinajstić information content (AvgIpc) is 2.93. The first-order valence-corrected chi connectivity index (χ1v) is 10.1. The zero-order chi connectivity index (χ0) is 20.2. The van der Waals surface area contributed by atoms with Crippen LogP contribution in [0.3, 0.4) is 0 Å². The molecule has 10 heteroatoms. The van der Waals surface area contributed by atoms with Gasteiger partial charge in [-0.1, -0.05) is 17.3 Å². The summed E-state index contributed by atoms with van der Waals surface area (Å²) in [6, 6.07) is 5.43. The third kappa shape index (κ3) is 5.70. The van der Waals surface area contributed by atoms with E-state index >= 15 is 0 Å². The number of carbonyl (C=O) groups excluding carboxylic acids is 2. The average molecular weight is 414 g/mol. The van der Waals surface area contributed by atoms with Crippen LogP contribution in [0.25, 0.3) is 0 Å². The first kappa shape index (κ1) is 21.2. The summed E-state index contributed by atoms with van der Waals surface area (Å²) in [4.78, 5) is 29.0. The van der Waals surface area contributed by atoms with Gasteiger partial charge in [-0.2, -0.15) is 0 Å². The summed E-state index contributed by atoms with van der Waals surface area (Å²) in [6.45, 7) is 5.67. The molecule has 0 spiro atoms. The standard InChI is InChI=1S/C17H23N3O5S2/c1-11(26-6)18-25-16(22)20(5)27-19(4)15(21)23-13-9-7-8-12-10-17(2,3)24-14(12)13/h7-9H,10H2,1-6H3/b18-11-. The Morgan fingerprint density at radius 1 is 1.22 bits per heavy atom. The van der Waals surface area contributed by atoms with Gasteiger partial charge in [-0.3, -0.25) is 4.84 Å². The summed E-state index contributed by atoms with van der Waals surface area (Å²) in [5, 5.41) is 4.27. The largest absolute Gasteiger partial charge is 0.483 e. The summed E-state index contributed by atoms with van der Waals surface area (Å²) in [5.41, 5.74) is 0.647. The highest BCUT2D eigenvalue weighted by Gasteiger charge is 2.33. The second kappa shape index (κ2) is 8.75. The molecule has 148 valence electrons. The van der Waals surface area contributed by atoms with Crippen LogP contribution in [0, 0.1) is 0 Å². The highest BCUT2D eigenvalue weighted by atomic mass is 32.2. The van der Waals surface area contributed by atoms with Crippen molar-refractivity contribution in [2.24, 2.45) is 5.16 Å². The van der Waals surface area contributed by atoms with Crippen molar-refractivity contribution in [1.82, 2.24) is 8.61 Å². The zero-order valence-electron chi connectivity index (χ0n) is 16.1. The second-order valence-electron chi connectivity index (χ2n) is 6.40. The van der Waals surface area contributed by atoms with Gasteiger partial charge < -0.3 is 9.47 Å². The van der Waals surface area contributed by atoms with Crippen molar-refractivity contribution < 1.29 is 23.9 Å². The van der Waals surface area contributed by atoms with E-state index in [-0.39, 0.29) is 5.60 Å². The molecule has 1 heterocycles. The highest BCUT2D eigenvalue weighted by molar-refractivity contribution is 8.13. The number of amides is 2. The predicted molar refractivity (Wildman–Crippen MR) is 107 cm³/mol. The van der Waals surface area contributed by atoms with Crippen LogP contribution in [-0.2, 0) is 11.3 Å². The Bertz CT molecular complexity index is 754. The minimum absolute atomic E-state index is 0.342. The predicted octanol–water partition coefficient (Wildman–Crippen LogP) is 4.16. The van der Waals surface area contributed by atoms with E-state index in [0.717, 1.165) is 28.4 Å². The van der Waals surface area contributed by atoms with E-state index in [1.165, 1.54) is 30.2 Å². The number of hydrogen-bond donors (Lipinski definition) is 0. The van der Waals surface area contributed by atoms with Crippen molar-refractivity contribution in [1.29, 1.82) is 0 Å². The maximum absolute atomic E-state index is 12.4. The van der Waals surface area contributed by atoms with E-state index < -0.39 is 12.2 Å². The molecule has 1 aromatic carbocycles. The topological polar surface area (TPSA) is 80.7 Å². The molecule has 0 aromatic heterocycles. The van der Waals surface area contributed by atoms with Crippen molar-refractivity contribution in [3.05, 3.63) is 23.8 Å². The van der Waals surface area contributed by atoms with Crippen molar-refractivity contribution >= 4 is 41.1 Å². The molecule has 0 fully saturated rings. The lowest BCUT2D eigenvalue weighted by molar-refractivity contribution is 0.131. The molecular weight excluding hydrogens is 390 g/mol. The Kier molecular flexibility index (Phi) is 6.88. The molecule has 0 atom stereocenters. The van der Waals surface area contributed by atoms with Crippen LogP contribution in [0.1, 0.15) is 26.3 Å². The van der Waals surface area contributed by atoms with Gasteiger partial charge in [0, 0.05) is 26.1 Å². The number of ether oxygens (including phenoxy) is 2. The van der Waals surface area contributed by atoms with Crippen LogP contribution in [0.5, 0.6) is 11.5 Å². The van der Waals surface area contributed by atoms with Crippen molar-refractivity contribution in [3.8, 4) is 11.5 Å². The number of nitrogens with zero attached hydrogens (tertiary/aromatic N) is 3. The lowest BCUT2D eigenvalue weighted by Crippen LogP contribution is -2.30. The number of rotatable bonds is 4. The lowest BCUT2D eigenvalue weighted by Gasteiger charge is -2.21.